The summed E-state index contributed by atoms with van der Waals surface area (Å²) in [6.07, 6.45) is 1.77. The third-order valence-corrected chi connectivity index (χ3v) is 5.66. The highest BCUT2D eigenvalue weighted by Crippen LogP contribution is 2.28. The van der Waals surface area contributed by atoms with E-state index in [1.54, 1.807) is 18.2 Å². The van der Waals surface area contributed by atoms with Gasteiger partial charge in [0.05, 0.1) is 11.0 Å². The molecule has 1 aliphatic heterocycles. The minimum atomic E-state index is -3.47. The van der Waals surface area contributed by atoms with E-state index in [2.05, 4.69) is 0 Å². The van der Waals surface area contributed by atoms with Gasteiger partial charge in [-0.05, 0) is 57.4 Å². The topological polar surface area (TPSA) is 72.6 Å². The predicted molar refractivity (Wildman–Crippen MR) is 82.9 cm³/mol. The Morgan fingerprint density at radius 2 is 2.14 bits per heavy atom. The van der Waals surface area contributed by atoms with Crippen LogP contribution in [0.5, 0.6) is 5.75 Å². The number of hydrogen-bond donors (Lipinski definition) is 1. The molecule has 1 heterocycles. The van der Waals surface area contributed by atoms with Crippen LogP contribution in [0.4, 0.5) is 0 Å². The number of sulfonamides is 1. The van der Waals surface area contributed by atoms with Gasteiger partial charge in [0.1, 0.15) is 5.75 Å². The molecule has 0 aromatic heterocycles. The Morgan fingerprint density at radius 3 is 2.71 bits per heavy atom. The van der Waals surface area contributed by atoms with E-state index in [9.17, 15) is 8.42 Å². The summed E-state index contributed by atoms with van der Waals surface area (Å²) >= 11 is 0. The van der Waals surface area contributed by atoms with Gasteiger partial charge in [-0.2, -0.15) is 4.31 Å². The summed E-state index contributed by atoms with van der Waals surface area (Å²) in [5.74, 6) is 0.723. The molecule has 1 atom stereocenters. The summed E-state index contributed by atoms with van der Waals surface area (Å²) in [6, 6.07) is 4.95. The second kappa shape index (κ2) is 6.34. The van der Waals surface area contributed by atoms with E-state index >= 15 is 0 Å². The minimum Gasteiger partial charge on any atom is -0.491 e. The maximum absolute atomic E-state index is 12.7. The lowest BCUT2D eigenvalue weighted by Crippen LogP contribution is -2.39. The number of ether oxygens (including phenoxy) is 1. The van der Waals surface area contributed by atoms with E-state index in [4.69, 9.17) is 10.5 Å². The molecule has 0 saturated carbocycles. The fourth-order valence-electron chi connectivity index (χ4n) is 2.67. The smallest absolute Gasteiger partial charge is 0.243 e. The average molecular weight is 312 g/mol. The van der Waals surface area contributed by atoms with Crippen LogP contribution in [0.3, 0.4) is 0 Å². The molecule has 1 saturated heterocycles. The lowest BCUT2D eigenvalue weighted by molar-refractivity contribution is 0.240. The highest BCUT2D eigenvalue weighted by Gasteiger charge is 2.34. The Bertz CT molecular complexity index is 599. The first-order chi connectivity index (χ1) is 9.86. The monoisotopic (exact) mass is 312 g/mol. The van der Waals surface area contributed by atoms with Gasteiger partial charge in [0.25, 0.3) is 0 Å². The van der Waals surface area contributed by atoms with Crippen LogP contribution >= 0.6 is 0 Å². The Balaban J connectivity index is 2.31. The van der Waals surface area contributed by atoms with Gasteiger partial charge in [-0.3, -0.25) is 0 Å². The van der Waals surface area contributed by atoms with Gasteiger partial charge in [-0.1, -0.05) is 0 Å². The summed E-state index contributed by atoms with van der Waals surface area (Å²) in [5.41, 5.74) is 6.51. The van der Waals surface area contributed by atoms with Crippen molar-refractivity contribution in [2.75, 3.05) is 13.1 Å². The third kappa shape index (κ3) is 3.39. The van der Waals surface area contributed by atoms with Crippen molar-refractivity contribution in [3.05, 3.63) is 23.8 Å². The van der Waals surface area contributed by atoms with Crippen LogP contribution in [0.2, 0.25) is 0 Å². The summed E-state index contributed by atoms with van der Waals surface area (Å²) in [7, 11) is -3.47. The lowest BCUT2D eigenvalue weighted by Gasteiger charge is -2.23. The van der Waals surface area contributed by atoms with E-state index in [1.807, 2.05) is 20.8 Å². The quantitative estimate of drug-likeness (QED) is 0.901. The molecule has 21 heavy (non-hydrogen) atoms. The van der Waals surface area contributed by atoms with Crippen molar-refractivity contribution in [1.29, 1.82) is 0 Å². The number of nitrogens with two attached hydrogens (primary N) is 1. The molecule has 6 heteroatoms. The minimum absolute atomic E-state index is 0.0614. The van der Waals surface area contributed by atoms with Gasteiger partial charge in [-0.15, -0.1) is 0 Å². The molecule has 1 fully saturated rings. The highest BCUT2D eigenvalue weighted by molar-refractivity contribution is 7.89. The largest absolute Gasteiger partial charge is 0.491 e. The van der Waals surface area contributed by atoms with Crippen molar-refractivity contribution in [1.82, 2.24) is 4.31 Å². The van der Waals surface area contributed by atoms with Gasteiger partial charge in [0.15, 0.2) is 0 Å². The first-order valence-corrected chi connectivity index (χ1v) is 8.79. The van der Waals surface area contributed by atoms with Crippen molar-refractivity contribution in [2.45, 2.75) is 50.7 Å². The van der Waals surface area contributed by atoms with E-state index in [0.29, 0.717) is 18.0 Å². The van der Waals surface area contributed by atoms with Gasteiger partial charge < -0.3 is 10.5 Å². The Labute approximate surface area is 127 Å². The van der Waals surface area contributed by atoms with Crippen LogP contribution in [-0.2, 0) is 10.0 Å². The molecule has 0 aliphatic carbocycles. The van der Waals surface area contributed by atoms with Crippen LogP contribution in [0.1, 0.15) is 32.3 Å². The zero-order valence-corrected chi connectivity index (χ0v) is 13.7. The highest BCUT2D eigenvalue weighted by atomic mass is 32.2. The number of benzene rings is 1. The molecule has 1 aliphatic rings. The van der Waals surface area contributed by atoms with Crippen LogP contribution in [0.15, 0.2) is 23.1 Å². The molecular formula is C15H24N2O3S. The molecule has 2 rings (SSSR count). The number of hydrogen-bond acceptors (Lipinski definition) is 4. The van der Waals surface area contributed by atoms with E-state index in [-0.39, 0.29) is 12.1 Å². The number of rotatable bonds is 5. The summed E-state index contributed by atoms with van der Waals surface area (Å²) in [4.78, 5) is 0.316. The zero-order valence-electron chi connectivity index (χ0n) is 12.9. The maximum atomic E-state index is 12.7. The normalized spacial score (nSPS) is 20.1. The SMILES string of the molecule is Cc1cc(S(=O)(=O)N2CCCC2CN)ccc1OC(C)C. The zero-order chi connectivity index (χ0) is 15.6. The summed E-state index contributed by atoms with van der Waals surface area (Å²) in [5, 5.41) is 0. The van der Waals surface area contributed by atoms with Crippen molar-refractivity contribution < 1.29 is 13.2 Å². The molecule has 0 radical (unpaired) electrons. The van der Waals surface area contributed by atoms with Gasteiger partial charge in [0, 0.05) is 19.1 Å². The number of nitrogens with zero attached hydrogens (tertiary/aromatic N) is 1. The van der Waals surface area contributed by atoms with Crippen molar-refractivity contribution >= 4 is 10.0 Å². The van der Waals surface area contributed by atoms with Crippen LogP contribution < -0.4 is 10.5 Å². The predicted octanol–water partition coefficient (Wildman–Crippen LogP) is 1.89. The van der Waals surface area contributed by atoms with Crippen LogP contribution in [0, 0.1) is 6.92 Å². The first kappa shape index (κ1) is 16.3. The Hall–Kier alpha value is -1.11. The molecule has 118 valence electrons. The second-order valence-electron chi connectivity index (χ2n) is 5.74. The van der Waals surface area contributed by atoms with Crippen LogP contribution in [-0.4, -0.2) is 38.0 Å². The molecule has 1 aromatic carbocycles. The number of aryl methyl sites for hydroxylation is 1. The lowest BCUT2D eigenvalue weighted by atomic mass is 10.2. The Kier molecular flexibility index (Phi) is 4.91. The molecule has 1 unspecified atom stereocenters. The van der Waals surface area contributed by atoms with Crippen molar-refractivity contribution in [3.63, 3.8) is 0 Å². The molecule has 0 spiro atoms. The van der Waals surface area contributed by atoms with Gasteiger partial charge in [0.2, 0.25) is 10.0 Å². The summed E-state index contributed by atoms with van der Waals surface area (Å²) < 4.78 is 32.6. The Morgan fingerprint density at radius 1 is 1.43 bits per heavy atom. The second-order valence-corrected chi connectivity index (χ2v) is 7.63. The van der Waals surface area contributed by atoms with Crippen LogP contribution in [0.25, 0.3) is 0 Å². The average Bonchev–Trinajstić information content (AvgIpc) is 2.89. The fraction of sp³-hybridized carbons (Fsp3) is 0.600. The molecule has 0 bridgehead atoms. The van der Waals surface area contributed by atoms with Gasteiger partial charge in [-0.25, -0.2) is 8.42 Å². The van der Waals surface area contributed by atoms with E-state index in [1.165, 1.54) is 4.31 Å². The molecule has 5 nitrogen and oxygen atoms in total. The van der Waals surface area contributed by atoms with E-state index < -0.39 is 10.0 Å². The summed E-state index contributed by atoms with van der Waals surface area (Å²) in [6.45, 7) is 6.67. The van der Waals surface area contributed by atoms with Crippen molar-refractivity contribution in [2.24, 2.45) is 5.73 Å². The van der Waals surface area contributed by atoms with Gasteiger partial charge >= 0.3 is 0 Å². The van der Waals surface area contributed by atoms with E-state index in [0.717, 1.165) is 24.2 Å². The first-order valence-electron chi connectivity index (χ1n) is 7.35. The molecule has 0 amide bonds. The molecular weight excluding hydrogens is 288 g/mol. The fourth-order valence-corrected chi connectivity index (χ4v) is 4.46. The molecule has 1 aromatic rings. The molecule has 2 N–H and O–H groups in total. The standard InChI is InChI=1S/C15H24N2O3S/c1-11(2)20-15-7-6-14(9-12(15)3)21(18,19)17-8-4-5-13(17)10-16/h6-7,9,11,13H,4-5,8,10,16H2,1-3H3. The third-order valence-electron chi connectivity index (χ3n) is 3.71. The maximum Gasteiger partial charge on any atom is 0.243 e. The van der Waals surface area contributed by atoms with Crippen molar-refractivity contribution in [3.8, 4) is 5.75 Å².